The van der Waals surface area contributed by atoms with Crippen LogP contribution in [0.3, 0.4) is 0 Å². The minimum absolute atomic E-state index is 0.0285. The number of nitrogens with zero attached hydrogens (tertiary/aromatic N) is 2. The van der Waals surface area contributed by atoms with E-state index in [1.807, 2.05) is 42.5 Å². The summed E-state index contributed by atoms with van der Waals surface area (Å²) in [5.41, 5.74) is 3.24. The number of carbonyl (C=O) groups excluding carboxylic acids is 1. The summed E-state index contributed by atoms with van der Waals surface area (Å²) < 4.78 is 27.3. The van der Waals surface area contributed by atoms with Crippen LogP contribution in [-0.2, 0) is 14.8 Å². The Morgan fingerprint density at radius 1 is 1.14 bits per heavy atom. The van der Waals surface area contributed by atoms with Gasteiger partial charge in [0.1, 0.15) is 6.54 Å². The van der Waals surface area contributed by atoms with Crippen molar-refractivity contribution in [3.8, 4) is 17.2 Å². The summed E-state index contributed by atoms with van der Waals surface area (Å²) in [7, 11) is -3.80. The highest BCUT2D eigenvalue weighted by atomic mass is 32.2. The number of aromatic nitrogens is 1. The Bertz CT molecular complexity index is 1440. The van der Waals surface area contributed by atoms with Crippen LogP contribution in [0, 0.1) is 17.2 Å². The number of nitriles is 1. The van der Waals surface area contributed by atoms with Crippen LogP contribution in [0.4, 0.5) is 0 Å². The number of amides is 1. The van der Waals surface area contributed by atoms with E-state index < -0.39 is 10.0 Å². The predicted octanol–water partition coefficient (Wildman–Crippen LogP) is 5.51. The quantitative estimate of drug-likeness (QED) is 0.301. The highest BCUT2D eigenvalue weighted by Crippen LogP contribution is 2.31. The molecule has 0 aliphatic rings. The number of nitrogens with one attached hydrogen (secondary N) is 1. The fourth-order valence-electron chi connectivity index (χ4n) is 4.05. The first kappa shape index (κ1) is 25.7. The average molecular weight is 488 g/mol. The van der Waals surface area contributed by atoms with Crippen LogP contribution in [0.25, 0.3) is 22.0 Å². The number of benzene rings is 2. The maximum Gasteiger partial charge on any atom is 0.268 e. The van der Waals surface area contributed by atoms with E-state index in [-0.39, 0.29) is 23.3 Å². The van der Waals surface area contributed by atoms with Gasteiger partial charge in [-0.1, -0.05) is 63.4 Å². The Balaban J connectivity index is 2.02. The van der Waals surface area contributed by atoms with Gasteiger partial charge in [-0.25, -0.2) is 12.4 Å². The largest absolute Gasteiger partial charge is 0.342 e. The Morgan fingerprint density at radius 2 is 1.89 bits per heavy atom. The summed E-state index contributed by atoms with van der Waals surface area (Å²) in [6, 6.07) is 17.0. The lowest BCUT2D eigenvalue weighted by Crippen LogP contribution is -2.30. The predicted molar refractivity (Wildman–Crippen MR) is 141 cm³/mol. The van der Waals surface area contributed by atoms with Crippen molar-refractivity contribution in [3.63, 3.8) is 0 Å². The highest BCUT2D eigenvalue weighted by molar-refractivity contribution is 7.94. The smallest absolute Gasteiger partial charge is 0.268 e. The summed E-state index contributed by atoms with van der Waals surface area (Å²) in [6.45, 7) is 11.3. The zero-order valence-corrected chi connectivity index (χ0v) is 20.8. The molecule has 0 aliphatic carbocycles. The molecule has 2 aromatic carbocycles. The normalized spacial score (nSPS) is 12.8. The molecule has 7 heteroatoms. The van der Waals surface area contributed by atoms with E-state index in [2.05, 4.69) is 32.3 Å². The molecule has 0 spiro atoms. The number of carbonyl (C=O) groups is 1. The van der Waals surface area contributed by atoms with Crippen LogP contribution in [-0.4, -0.2) is 24.8 Å². The molecule has 1 amide bonds. The van der Waals surface area contributed by atoms with Crippen molar-refractivity contribution in [1.82, 2.24) is 9.29 Å². The van der Waals surface area contributed by atoms with Gasteiger partial charge in [-0.05, 0) is 59.4 Å². The maximum absolute atomic E-state index is 13.0. The number of hydrogen-bond donors (Lipinski definition) is 1. The molecule has 6 nitrogen and oxygen atoms in total. The molecule has 0 fully saturated rings. The molecule has 1 heterocycles. The molecule has 0 radical (unpaired) electrons. The summed E-state index contributed by atoms with van der Waals surface area (Å²) in [4.78, 5) is 12.8. The standard InChI is InChI=1S/C28H29N3O3S/c1-5-8-25(6-2)35(33,34)31-16-13-24-19-22(11-12-27(24)31)21-9-7-10-23(18-21)26(17-20(3)4)28(32)30-15-14-29/h5-13,16,18-20,26H,1-2,15,17H2,3-4H3,(H,30,32)/b25-8+/t26-/m1/s1. The molecular formula is C28H29N3O3S. The third-order valence-electron chi connectivity index (χ3n) is 5.68. The van der Waals surface area contributed by atoms with Gasteiger partial charge in [-0.15, -0.1) is 0 Å². The first-order valence-electron chi connectivity index (χ1n) is 11.3. The third-order valence-corrected chi connectivity index (χ3v) is 7.42. The number of rotatable bonds is 10. The van der Waals surface area contributed by atoms with Gasteiger partial charge < -0.3 is 5.32 Å². The molecule has 0 saturated heterocycles. The highest BCUT2D eigenvalue weighted by Gasteiger charge is 2.23. The monoisotopic (exact) mass is 487 g/mol. The van der Waals surface area contributed by atoms with E-state index in [4.69, 9.17) is 5.26 Å². The molecule has 0 aliphatic heterocycles. The van der Waals surface area contributed by atoms with E-state index in [9.17, 15) is 13.2 Å². The van der Waals surface area contributed by atoms with Crippen molar-refractivity contribution in [2.24, 2.45) is 5.92 Å². The van der Waals surface area contributed by atoms with Gasteiger partial charge in [0.2, 0.25) is 5.91 Å². The van der Waals surface area contributed by atoms with Crippen LogP contribution >= 0.6 is 0 Å². The summed E-state index contributed by atoms with van der Waals surface area (Å²) >= 11 is 0. The fourth-order valence-corrected chi connectivity index (χ4v) is 5.40. The second-order valence-electron chi connectivity index (χ2n) is 8.58. The van der Waals surface area contributed by atoms with Gasteiger partial charge in [0, 0.05) is 11.6 Å². The minimum atomic E-state index is -3.80. The third kappa shape index (κ3) is 5.61. The molecule has 0 saturated carbocycles. The van der Waals surface area contributed by atoms with Crippen molar-refractivity contribution < 1.29 is 13.2 Å². The lowest BCUT2D eigenvalue weighted by molar-refractivity contribution is -0.122. The van der Waals surface area contributed by atoms with Gasteiger partial charge in [-0.2, -0.15) is 5.26 Å². The van der Waals surface area contributed by atoms with Gasteiger partial charge in [0.15, 0.2) is 0 Å². The van der Waals surface area contributed by atoms with Gasteiger partial charge in [0.25, 0.3) is 10.0 Å². The molecule has 1 N–H and O–H groups in total. The molecule has 3 aromatic rings. The Labute approximate surface area is 206 Å². The summed E-state index contributed by atoms with van der Waals surface area (Å²) in [5.74, 6) is -0.238. The molecule has 1 atom stereocenters. The van der Waals surface area contributed by atoms with Crippen molar-refractivity contribution in [3.05, 3.63) is 96.6 Å². The van der Waals surface area contributed by atoms with Crippen LogP contribution in [0.5, 0.6) is 0 Å². The van der Waals surface area contributed by atoms with E-state index >= 15 is 0 Å². The second-order valence-corrected chi connectivity index (χ2v) is 10.4. The van der Waals surface area contributed by atoms with Crippen LogP contribution in [0.15, 0.2) is 91.0 Å². The van der Waals surface area contributed by atoms with Crippen molar-refractivity contribution >= 4 is 26.8 Å². The number of allylic oxidation sites excluding steroid dienone is 3. The lowest BCUT2D eigenvalue weighted by Gasteiger charge is -2.19. The topological polar surface area (TPSA) is 92.0 Å². The van der Waals surface area contributed by atoms with Crippen LogP contribution in [0.2, 0.25) is 0 Å². The van der Waals surface area contributed by atoms with E-state index in [0.29, 0.717) is 17.9 Å². The number of fused-ring (bicyclic) bond motifs is 1. The zero-order valence-electron chi connectivity index (χ0n) is 19.9. The summed E-state index contributed by atoms with van der Waals surface area (Å²) in [5, 5.41) is 12.3. The zero-order chi connectivity index (χ0) is 25.6. The van der Waals surface area contributed by atoms with Crippen molar-refractivity contribution in [1.29, 1.82) is 5.26 Å². The second kappa shape index (κ2) is 11.0. The minimum Gasteiger partial charge on any atom is -0.342 e. The molecule has 0 bridgehead atoms. The average Bonchev–Trinajstić information content (AvgIpc) is 3.28. The Morgan fingerprint density at radius 3 is 2.54 bits per heavy atom. The van der Waals surface area contributed by atoms with Crippen LogP contribution < -0.4 is 5.32 Å². The molecular weight excluding hydrogens is 458 g/mol. The lowest BCUT2D eigenvalue weighted by atomic mass is 9.88. The molecule has 0 unspecified atom stereocenters. The Kier molecular flexibility index (Phi) is 8.10. The first-order valence-corrected chi connectivity index (χ1v) is 12.7. The molecule has 35 heavy (non-hydrogen) atoms. The van der Waals surface area contributed by atoms with Crippen molar-refractivity contribution in [2.75, 3.05) is 6.54 Å². The van der Waals surface area contributed by atoms with Crippen molar-refractivity contribution in [2.45, 2.75) is 26.2 Å². The maximum atomic E-state index is 13.0. The molecule has 1 aromatic heterocycles. The SMILES string of the molecule is C=C/C=C(\C=C)S(=O)(=O)n1ccc2cc(-c3cccc([C@@H](CC(C)C)C(=O)NCC#N)c3)ccc21. The van der Waals surface area contributed by atoms with E-state index in [0.717, 1.165) is 22.1 Å². The van der Waals surface area contributed by atoms with Gasteiger partial charge in [0.05, 0.1) is 22.4 Å². The number of hydrogen-bond acceptors (Lipinski definition) is 4. The summed E-state index contributed by atoms with van der Waals surface area (Å²) in [6.07, 6.45) is 6.30. The van der Waals surface area contributed by atoms with Crippen LogP contribution in [0.1, 0.15) is 31.7 Å². The first-order chi connectivity index (χ1) is 16.7. The fraction of sp³-hybridized carbons (Fsp3) is 0.214. The van der Waals surface area contributed by atoms with E-state index in [1.54, 1.807) is 12.1 Å². The van der Waals surface area contributed by atoms with Gasteiger partial charge in [-0.3, -0.25) is 4.79 Å². The molecule has 3 rings (SSSR count). The van der Waals surface area contributed by atoms with Gasteiger partial charge >= 0.3 is 0 Å². The molecule has 180 valence electrons. The Hall–Kier alpha value is -3.89. The van der Waals surface area contributed by atoms with E-state index in [1.165, 1.54) is 28.4 Å².